The van der Waals surface area contributed by atoms with Crippen molar-refractivity contribution in [2.75, 3.05) is 0 Å². The molecule has 0 radical (unpaired) electrons. The molecule has 1 amide bonds. The Kier molecular flexibility index (Phi) is 3.11. The van der Waals surface area contributed by atoms with Gasteiger partial charge in [-0.3, -0.25) is 10.2 Å². The molecule has 3 nitrogen and oxygen atoms in total. The van der Waals surface area contributed by atoms with Gasteiger partial charge < -0.3 is 0 Å². The maximum Gasteiger partial charge on any atom is 0.244 e. The fourth-order valence-electron chi connectivity index (χ4n) is 2.56. The molecule has 0 saturated heterocycles. The molecule has 0 atom stereocenters. The first-order chi connectivity index (χ1) is 8.10. The number of amides is 1. The largest absolute Gasteiger partial charge is 0.293 e. The fraction of sp³-hybridized carbons (Fsp3) is 0.417. The lowest BCUT2D eigenvalue weighted by Gasteiger charge is -2.27. The van der Waals surface area contributed by atoms with E-state index in [1.807, 2.05) is 0 Å². The summed E-state index contributed by atoms with van der Waals surface area (Å²) in [5, 5.41) is 0. The van der Waals surface area contributed by atoms with E-state index in [0.717, 1.165) is 25.0 Å². The molecule has 2 rings (SSSR count). The predicted molar refractivity (Wildman–Crippen MR) is 58.8 cm³/mol. The zero-order chi connectivity index (χ0) is 12.5. The van der Waals surface area contributed by atoms with Crippen molar-refractivity contribution in [1.82, 2.24) is 5.43 Å². The molecule has 0 aliphatic heterocycles. The second-order valence-corrected chi connectivity index (χ2v) is 4.39. The third-order valence-corrected chi connectivity index (χ3v) is 3.50. The highest BCUT2D eigenvalue weighted by atomic mass is 19.2. The number of halogens is 2. The third-order valence-electron chi connectivity index (χ3n) is 3.50. The number of rotatable bonds is 2. The van der Waals surface area contributed by atoms with E-state index in [0.29, 0.717) is 18.4 Å². The molecule has 92 valence electrons. The van der Waals surface area contributed by atoms with Crippen LogP contribution in [0.4, 0.5) is 8.78 Å². The molecule has 0 bridgehead atoms. The molecule has 1 aromatic rings. The molecule has 0 spiro atoms. The molecule has 3 N–H and O–H groups in total. The second-order valence-electron chi connectivity index (χ2n) is 4.39. The molecule has 1 aromatic carbocycles. The van der Waals surface area contributed by atoms with Gasteiger partial charge in [-0.25, -0.2) is 14.6 Å². The van der Waals surface area contributed by atoms with Crippen LogP contribution in [0.3, 0.4) is 0 Å². The summed E-state index contributed by atoms with van der Waals surface area (Å²) < 4.78 is 26.1. The average molecular weight is 240 g/mol. The SMILES string of the molecule is NNC(=O)C1(c2ccc(F)c(F)c2)CCCC1. The van der Waals surface area contributed by atoms with Crippen molar-refractivity contribution in [3.63, 3.8) is 0 Å². The Bertz CT molecular complexity index is 442. The van der Waals surface area contributed by atoms with Crippen molar-refractivity contribution in [2.24, 2.45) is 5.84 Å². The lowest BCUT2D eigenvalue weighted by atomic mass is 9.78. The molecule has 0 unspecified atom stereocenters. The minimum atomic E-state index is -0.932. The first-order valence-corrected chi connectivity index (χ1v) is 5.57. The number of benzene rings is 1. The van der Waals surface area contributed by atoms with Gasteiger partial charge in [-0.2, -0.15) is 0 Å². The Morgan fingerprint density at radius 3 is 2.41 bits per heavy atom. The van der Waals surface area contributed by atoms with Crippen molar-refractivity contribution >= 4 is 5.91 Å². The number of hydrazine groups is 1. The normalized spacial score (nSPS) is 18.1. The van der Waals surface area contributed by atoms with Crippen LogP contribution in [0.25, 0.3) is 0 Å². The smallest absolute Gasteiger partial charge is 0.244 e. The summed E-state index contributed by atoms with van der Waals surface area (Å²) >= 11 is 0. The lowest BCUT2D eigenvalue weighted by molar-refractivity contribution is -0.126. The van der Waals surface area contributed by atoms with Gasteiger partial charge in [-0.1, -0.05) is 18.9 Å². The molecule has 0 aromatic heterocycles. The number of hydrogen-bond acceptors (Lipinski definition) is 2. The molecule has 1 aliphatic carbocycles. The van der Waals surface area contributed by atoms with Crippen LogP contribution in [-0.2, 0) is 10.2 Å². The van der Waals surface area contributed by atoms with Crippen molar-refractivity contribution in [1.29, 1.82) is 0 Å². The van der Waals surface area contributed by atoms with E-state index in [-0.39, 0.29) is 5.91 Å². The minimum absolute atomic E-state index is 0.332. The highest BCUT2D eigenvalue weighted by Gasteiger charge is 2.42. The number of hydrogen-bond donors (Lipinski definition) is 2. The maximum atomic E-state index is 13.2. The number of carbonyl (C=O) groups excluding carboxylic acids is 1. The van der Waals surface area contributed by atoms with Crippen LogP contribution in [0.1, 0.15) is 31.2 Å². The quantitative estimate of drug-likeness (QED) is 0.470. The van der Waals surface area contributed by atoms with Gasteiger partial charge in [-0.05, 0) is 30.5 Å². The summed E-state index contributed by atoms with van der Waals surface area (Å²) in [4.78, 5) is 11.9. The Morgan fingerprint density at radius 2 is 1.88 bits per heavy atom. The Balaban J connectivity index is 2.46. The van der Waals surface area contributed by atoms with Crippen LogP contribution in [-0.4, -0.2) is 5.91 Å². The van der Waals surface area contributed by atoms with E-state index >= 15 is 0 Å². The van der Waals surface area contributed by atoms with E-state index < -0.39 is 17.0 Å². The van der Waals surface area contributed by atoms with Crippen LogP contribution >= 0.6 is 0 Å². The van der Waals surface area contributed by atoms with Crippen LogP contribution in [0.5, 0.6) is 0 Å². The number of nitrogens with one attached hydrogen (secondary N) is 1. The van der Waals surface area contributed by atoms with Crippen LogP contribution in [0.2, 0.25) is 0 Å². The van der Waals surface area contributed by atoms with Crippen LogP contribution in [0.15, 0.2) is 18.2 Å². The first kappa shape index (κ1) is 12.0. The number of nitrogens with two attached hydrogens (primary N) is 1. The Hall–Kier alpha value is -1.49. The van der Waals surface area contributed by atoms with Crippen molar-refractivity contribution in [3.05, 3.63) is 35.4 Å². The molecule has 1 aliphatic rings. The van der Waals surface area contributed by atoms with Gasteiger partial charge in [0.05, 0.1) is 5.41 Å². The minimum Gasteiger partial charge on any atom is -0.293 e. The van der Waals surface area contributed by atoms with Gasteiger partial charge in [0.2, 0.25) is 5.91 Å². The summed E-state index contributed by atoms with van der Waals surface area (Å²) in [6.45, 7) is 0. The molecule has 0 heterocycles. The summed E-state index contributed by atoms with van der Waals surface area (Å²) in [5.41, 5.74) is 1.82. The molecule has 17 heavy (non-hydrogen) atoms. The van der Waals surface area contributed by atoms with Gasteiger partial charge in [0.15, 0.2) is 11.6 Å². The first-order valence-electron chi connectivity index (χ1n) is 5.57. The van der Waals surface area contributed by atoms with E-state index in [9.17, 15) is 13.6 Å². The van der Waals surface area contributed by atoms with Crippen molar-refractivity contribution in [2.45, 2.75) is 31.1 Å². The van der Waals surface area contributed by atoms with Crippen LogP contribution < -0.4 is 11.3 Å². The summed E-state index contributed by atoms with van der Waals surface area (Å²) in [5.74, 6) is 3.00. The topological polar surface area (TPSA) is 55.1 Å². The van der Waals surface area contributed by atoms with Crippen LogP contribution in [0, 0.1) is 11.6 Å². The van der Waals surface area contributed by atoms with E-state index in [2.05, 4.69) is 5.43 Å². The predicted octanol–water partition coefficient (Wildman–Crippen LogP) is 1.77. The van der Waals surface area contributed by atoms with Crippen molar-refractivity contribution in [3.8, 4) is 0 Å². The fourth-order valence-corrected chi connectivity index (χ4v) is 2.56. The van der Waals surface area contributed by atoms with Gasteiger partial charge in [0.1, 0.15) is 0 Å². The summed E-state index contributed by atoms with van der Waals surface area (Å²) in [7, 11) is 0. The summed E-state index contributed by atoms with van der Waals surface area (Å²) in [6, 6.07) is 3.60. The number of carbonyl (C=O) groups is 1. The Morgan fingerprint density at radius 1 is 1.24 bits per heavy atom. The molecule has 1 fully saturated rings. The summed E-state index contributed by atoms with van der Waals surface area (Å²) in [6.07, 6.45) is 2.99. The Labute approximate surface area is 98.0 Å². The monoisotopic (exact) mass is 240 g/mol. The lowest BCUT2D eigenvalue weighted by Crippen LogP contribution is -2.45. The molecule has 1 saturated carbocycles. The zero-order valence-electron chi connectivity index (χ0n) is 9.30. The zero-order valence-corrected chi connectivity index (χ0v) is 9.30. The molecular formula is C12H14F2N2O. The third kappa shape index (κ3) is 1.91. The van der Waals surface area contributed by atoms with Crippen molar-refractivity contribution < 1.29 is 13.6 Å². The molecule has 5 heteroatoms. The highest BCUT2D eigenvalue weighted by molar-refractivity contribution is 5.88. The molecular weight excluding hydrogens is 226 g/mol. The van der Waals surface area contributed by atoms with Gasteiger partial charge >= 0.3 is 0 Å². The highest BCUT2D eigenvalue weighted by Crippen LogP contribution is 2.41. The second kappa shape index (κ2) is 4.41. The maximum absolute atomic E-state index is 13.2. The van der Waals surface area contributed by atoms with E-state index in [1.54, 1.807) is 0 Å². The van der Waals surface area contributed by atoms with E-state index in [4.69, 9.17) is 5.84 Å². The van der Waals surface area contributed by atoms with Gasteiger partial charge in [-0.15, -0.1) is 0 Å². The standard InChI is InChI=1S/C12H14F2N2O/c13-9-4-3-8(7-10(9)14)12(11(17)16-15)5-1-2-6-12/h3-4,7H,1-2,5-6,15H2,(H,16,17). The average Bonchev–Trinajstić information content (AvgIpc) is 2.82. The van der Waals surface area contributed by atoms with Gasteiger partial charge in [0, 0.05) is 0 Å². The van der Waals surface area contributed by atoms with E-state index in [1.165, 1.54) is 6.07 Å². The van der Waals surface area contributed by atoms with Gasteiger partial charge in [0.25, 0.3) is 0 Å².